The normalized spacial score (nSPS) is 10.2. The van der Waals surface area contributed by atoms with Gasteiger partial charge in [-0.2, -0.15) is 0 Å². The number of halogens is 1. The summed E-state index contributed by atoms with van der Waals surface area (Å²) in [6.07, 6.45) is 0. The first-order valence-corrected chi connectivity index (χ1v) is 5.71. The van der Waals surface area contributed by atoms with Crippen LogP contribution in [0, 0.1) is 12.7 Å². The van der Waals surface area contributed by atoms with Gasteiger partial charge in [0.15, 0.2) is 0 Å². The summed E-state index contributed by atoms with van der Waals surface area (Å²) in [5, 5.41) is 2.96. The van der Waals surface area contributed by atoms with Gasteiger partial charge in [-0.1, -0.05) is 12.1 Å². The van der Waals surface area contributed by atoms with Crippen molar-refractivity contribution in [1.29, 1.82) is 0 Å². The number of anilines is 1. The van der Waals surface area contributed by atoms with Gasteiger partial charge in [-0.3, -0.25) is 0 Å². The molecule has 94 valence electrons. The molecule has 0 saturated carbocycles. The standard InChI is InChI=1S/C14H15FN2O/c1-10-6-7-11(15)8-13(10)18-9-12-4-3-5-14(16-2)17-12/h3-8H,9H2,1-2H3,(H,16,17). The van der Waals surface area contributed by atoms with Crippen molar-refractivity contribution in [3.63, 3.8) is 0 Å². The number of ether oxygens (including phenoxy) is 1. The molecule has 0 saturated heterocycles. The van der Waals surface area contributed by atoms with E-state index < -0.39 is 0 Å². The summed E-state index contributed by atoms with van der Waals surface area (Å²) in [6.45, 7) is 2.20. The highest BCUT2D eigenvalue weighted by molar-refractivity contribution is 5.35. The van der Waals surface area contributed by atoms with Crippen LogP contribution < -0.4 is 10.1 Å². The number of pyridine rings is 1. The second-order valence-corrected chi connectivity index (χ2v) is 3.96. The lowest BCUT2D eigenvalue weighted by Crippen LogP contribution is -2.01. The van der Waals surface area contributed by atoms with E-state index in [2.05, 4.69) is 10.3 Å². The smallest absolute Gasteiger partial charge is 0.130 e. The van der Waals surface area contributed by atoms with Crippen molar-refractivity contribution in [2.45, 2.75) is 13.5 Å². The topological polar surface area (TPSA) is 34.1 Å². The predicted molar refractivity (Wildman–Crippen MR) is 69.3 cm³/mol. The van der Waals surface area contributed by atoms with E-state index >= 15 is 0 Å². The van der Waals surface area contributed by atoms with Gasteiger partial charge >= 0.3 is 0 Å². The van der Waals surface area contributed by atoms with Gasteiger partial charge in [0, 0.05) is 13.1 Å². The molecule has 0 spiro atoms. The van der Waals surface area contributed by atoms with Crippen molar-refractivity contribution in [3.8, 4) is 5.75 Å². The van der Waals surface area contributed by atoms with Crippen molar-refractivity contribution >= 4 is 5.82 Å². The van der Waals surface area contributed by atoms with Crippen LogP contribution in [0.4, 0.5) is 10.2 Å². The molecule has 0 amide bonds. The summed E-state index contributed by atoms with van der Waals surface area (Å²) in [6, 6.07) is 10.1. The number of nitrogens with one attached hydrogen (secondary N) is 1. The lowest BCUT2D eigenvalue weighted by Gasteiger charge is -2.09. The Labute approximate surface area is 106 Å². The van der Waals surface area contributed by atoms with Crippen molar-refractivity contribution < 1.29 is 9.13 Å². The first-order valence-electron chi connectivity index (χ1n) is 5.71. The summed E-state index contributed by atoms with van der Waals surface area (Å²) in [4.78, 5) is 4.33. The number of benzene rings is 1. The second-order valence-electron chi connectivity index (χ2n) is 3.96. The van der Waals surface area contributed by atoms with Gasteiger partial charge in [-0.25, -0.2) is 9.37 Å². The van der Waals surface area contributed by atoms with Crippen LogP contribution in [0.25, 0.3) is 0 Å². The molecule has 18 heavy (non-hydrogen) atoms. The third-order valence-corrected chi connectivity index (χ3v) is 2.59. The molecule has 3 nitrogen and oxygen atoms in total. The fraction of sp³-hybridized carbons (Fsp3) is 0.214. The van der Waals surface area contributed by atoms with Crippen LogP contribution in [0.5, 0.6) is 5.75 Å². The molecule has 0 aliphatic rings. The van der Waals surface area contributed by atoms with Crippen molar-refractivity contribution in [3.05, 3.63) is 53.5 Å². The molecule has 4 heteroatoms. The molecule has 1 N–H and O–H groups in total. The highest BCUT2D eigenvalue weighted by Crippen LogP contribution is 2.19. The molecule has 0 radical (unpaired) electrons. The van der Waals surface area contributed by atoms with Crippen LogP contribution in [-0.2, 0) is 6.61 Å². The zero-order valence-electron chi connectivity index (χ0n) is 10.4. The third-order valence-electron chi connectivity index (χ3n) is 2.59. The number of rotatable bonds is 4. The minimum absolute atomic E-state index is 0.299. The van der Waals surface area contributed by atoms with E-state index in [-0.39, 0.29) is 5.82 Å². The number of nitrogens with zero attached hydrogens (tertiary/aromatic N) is 1. The van der Waals surface area contributed by atoms with Gasteiger partial charge in [0.2, 0.25) is 0 Å². The number of hydrogen-bond donors (Lipinski definition) is 1. The maximum Gasteiger partial charge on any atom is 0.130 e. The Bertz CT molecular complexity index is 543. The van der Waals surface area contributed by atoms with Gasteiger partial charge in [-0.05, 0) is 30.7 Å². The van der Waals surface area contributed by atoms with Crippen molar-refractivity contribution in [1.82, 2.24) is 4.98 Å². The first kappa shape index (κ1) is 12.4. The van der Waals surface area contributed by atoms with Crippen LogP contribution in [0.15, 0.2) is 36.4 Å². The predicted octanol–water partition coefficient (Wildman–Crippen LogP) is 3.15. The van der Waals surface area contributed by atoms with Crippen molar-refractivity contribution in [2.24, 2.45) is 0 Å². The molecule has 0 aliphatic carbocycles. The monoisotopic (exact) mass is 246 g/mol. The Kier molecular flexibility index (Phi) is 3.77. The minimum Gasteiger partial charge on any atom is -0.487 e. The molecule has 2 aromatic rings. The Morgan fingerprint density at radius 1 is 1.28 bits per heavy atom. The molecule has 1 aromatic carbocycles. The molecule has 1 aromatic heterocycles. The quantitative estimate of drug-likeness (QED) is 0.899. The molecule has 0 fully saturated rings. The molecule has 0 aliphatic heterocycles. The van der Waals surface area contributed by atoms with Gasteiger partial charge in [0.05, 0.1) is 5.69 Å². The largest absolute Gasteiger partial charge is 0.487 e. The van der Waals surface area contributed by atoms with Crippen LogP contribution >= 0.6 is 0 Å². The van der Waals surface area contributed by atoms with Gasteiger partial charge in [-0.15, -0.1) is 0 Å². The Hall–Kier alpha value is -2.10. The molecule has 0 bridgehead atoms. The molecular formula is C14H15FN2O. The van der Waals surface area contributed by atoms with Crippen molar-refractivity contribution in [2.75, 3.05) is 12.4 Å². The Morgan fingerprint density at radius 3 is 2.89 bits per heavy atom. The Balaban J connectivity index is 2.08. The lowest BCUT2D eigenvalue weighted by molar-refractivity contribution is 0.298. The molecule has 2 rings (SSSR count). The van der Waals surface area contributed by atoms with E-state index in [4.69, 9.17) is 4.74 Å². The second kappa shape index (κ2) is 5.49. The summed E-state index contributed by atoms with van der Waals surface area (Å²) < 4.78 is 18.7. The molecule has 1 heterocycles. The lowest BCUT2D eigenvalue weighted by atomic mass is 10.2. The maximum atomic E-state index is 13.1. The molecule has 0 atom stereocenters. The zero-order chi connectivity index (χ0) is 13.0. The summed E-state index contributed by atoms with van der Waals surface area (Å²) >= 11 is 0. The maximum absolute atomic E-state index is 13.1. The number of aryl methyl sites for hydroxylation is 1. The molecule has 0 unspecified atom stereocenters. The van der Waals surface area contributed by atoms with Gasteiger partial charge in [0.1, 0.15) is 24.0 Å². The summed E-state index contributed by atoms with van der Waals surface area (Å²) in [5.74, 6) is 1.03. The SMILES string of the molecule is CNc1cccc(COc2cc(F)ccc2C)n1. The van der Waals surface area contributed by atoms with E-state index in [9.17, 15) is 4.39 Å². The first-order chi connectivity index (χ1) is 8.69. The highest BCUT2D eigenvalue weighted by Gasteiger charge is 2.03. The minimum atomic E-state index is -0.299. The van der Waals surface area contributed by atoms with Crippen LogP contribution in [0.3, 0.4) is 0 Å². The average Bonchev–Trinajstić information content (AvgIpc) is 2.40. The van der Waals surface area contributed by atoms with Crippen LogP contribution in [-0.4, -0.2) is 12.0 Å². The van der Waals surface area contributed by atoms with Crippen LogP contribution in [0.2, 0.25) is 0 Å². The number of aromatic nitrogens is 1. The van der Waals surface area contributed by atoms with Gasteiger partial charge in [0.25, 0.3) is 0 Å². The van der Waals surface area contributed by atoms with Gasteiger partial charge < -0.3 is 10.1 Å². The van der Waals surface area contributed by atoms with Crippen LogP contribution in [0.1, 0.15) is 11.3 Å². The third kappa shape index (κ3) is 2.97. The average molecular weight is 246 g/mol. The van der Waals surface area contributed by atoms with E-state index in [0.717, 1.165) is 17.1 Å². The summed E-state index contributed by atoms with van der Waals surface area (Å²) in [7, 11) is 1.81. The van der Waals surface area contributed by atoms with E-state index in [1.807, 2.05) is 32.2 Å². The zero-order valence-corrected chi connectivity index (χ0v) is 10.4. The summed E-state index contributed by atoms with van der Waals surface area (Å²) in [5.41, 5.74) is 1.70. The molecular weight excluding hydrogens is 231 g/mol. The van der Waals surface area contributed by atoms with E-state index in [1.54, 1.807) is 6.07 Å². The fourth-order valence-electron chi connectivity index (χ4n) is 1.58. The Morgan fingerprint density at radius 2 is 2.11 bits per heavy atom. The number of hydrogen-bond acceptors (Lipinski definition) is 3. The van der Waals surface area contributed by atoms with E-state index in [1.165, 1.54) is 12.1 Å². The highest BCUT2D eigenvalue weighted by atomic mass is 19.1. The van der Waals surface area contributed by atoms with E-state index in [0.29, 0.717) is 12.4 Å². The fourth-order valence-corrected chi connectivity index (χ4v) is 1.58.